The predicted octanol–water partition coefficient (Wildman–Crippen LogP) is 1.55. The van der Waals surface area contributed by atoms with E-state index < -0.39 is 0 Å². The number of benzene rings is 1. The van der Waals surface area contributed by atoms with E-state index in [1.165, 1.54) is 11.1 Å². The Hall–Kier alpha value is -0.510. The lowest BCUT2D eigenvalue weighted by atomic mass is 10.2. The van der Waals surface area contributed by atoms with E-state index in [4.69, 9.17) is 5.73 Å². The molecular weight excluding hydrogens is 194 g/mol. The molecular formula is C11H17NOS. The molecule has 1 atom stereocenters. The van der Waals surface area contributed by atoms with E-state index in [-0.39, 0.29) is 6.10 Å². The van der Waals surface area contributed by atoms with E-state index in [1.54, 1.807) is 11.8 Å². The van der Waals surface area contributed by atoms with Gasteiger partial charge in [-0.25, -0.2) is 0 Å². The second kappa shape index (κ2) is 6.06. The van der Waals surface area contributed by atoms with Crippen LogP contribution in [-0.4, -0.2) is 23.5 Å². The molecule has 0 saturated heterocycles. The molecule has 0 bridgehead atoms. The van der Waals surface area contributed by atoms with Crippen LogP contribution >= 0.6 is 11.8 Å². The molecule has 1 aromatic carbocycles. The number of nitrogens with two attached hydrogens (primary N) is 1. The molecule has 0 saturated carbocycles. The number of aliphatic hydroxyl groups is 1. The molecule has 0 aliphatic rings. The minimum atomic E-state index is -0.371. The van der Waals surface area contributed by atoms with Crippen LogP contribution in [0.25, 0.3) is 0 Å². The third-order valence-corrected chi connectivity index (χ3v) is 3.09. The summed E-state index contributed by atoms with van der Waals surface area (Å²) in [6.07, 6.45) is -0.371. The van der Waals surface area contributed by atoms with Gasteiger partial charge in [0.05, 0.1) is 6.10 Å². The standard InChI is InChI=1S/C11H17NOS/c1-9-3-2-4-10(5-9)7-14-8-11(13)6-12/h2-5,11,13H,6-8,12H2,1H3. The van der Waals surface area contributed by atoms with Crippen LogP contribution in [0.1, 0.15) is 11.1 Å². The lowest BCUT2D eigenvalue weighted by Crippen LogP contribution is -2.21. The van der Waals surface area contributed by atoms with Gasteiger partial charge in [-0.05, 0) is 12.5 Å². The Bertz CT molecular complexity index is 278. The molecule has 0 aliphatic carbocycles. The van der Waals surface area contributed by atoms with E-state index in [2.05, 4.69) is 31.2 Å². The average molecular weight is 211 g/mol. The van der Waals surface area contributed by atoms with Gasteiger partial charge in [0.1, 0.15) is 0 Å². The largest absolute Gasteiger partial charge is 0.391 e. The van der Waals surface area contributed by atoms with Gasteiger partial charge in [-0.2, -0.15) is 11.8 Å². The average Bonchev–Trinajstić information content (AvgIpc) is 2.17. The maximum absolute atomic E-state index is 9.24. The highest BCUT2D eigenvalue weighted by molar-refractivity contribution is 7.98. The molecule has 0 amide bonds. The number of thioether (sulfide) groups is 1. The Morgan fingerprint density at radius 2 is 2.29 bits per heavy atom. The third kappa shape index (κ3) is 4.13. The van der Waals surface area contributed by atoms with Crippen LogP contribution in [0.2, 0.25) is 0 Å². The number of aryl methyl sites for hydroxylation is 1. The van der Waals surface area contributed by atoms with Gasteiger partial charge in [-0.3, -0.25) is 0 Å². The zero-order valence-corrected chi connectivity index (χ0v) is 9.26. The van der Waals surface area contributed by atoms with Crippen LogP contribution < -0.4 is 5.73 Å². The zero-order chi connectivity index (χ0) is 10.4. The van der Waals surface area contributed by atoms with E-state index in [0.717, 1.165) is 5.75 Å². The fraction of sp³-hybridized carbons (Fsp3) is 0.455. The lowest BCUT2D eigenvalue weighted by Gasteiger charge is -2.07. The maximum Gasteiger partial charge on any atom is 0.0752 e. The van der Waals surface area contributed by atoms with Crippen LogP contribution in [0.5, 0.6) is 0 Å². The van der Waals surface area contributed by atoms with Crippen molar-refractivity contribution in [3.8, 4) is 0 Å². The summed E-state index contributed by atoms with van der Waals surface area (Å²) < 4.78 is 0. The van der Waals surface area contributed by atoms with Gasteiger partial charge in [-0.15, -0.1) is 0 Å². The molecule has 3 heteroatoms. The first-order valence-corrected chi connectivity index (χ1v) is 5.89. The normalized spacial score (nSPS) is 12.8. The number of hydrogen-bond donors (Lipinski definition) is 2. The van der Waals surface area contributed by atoms with Gasteiger partial charge in [-0.1, -0.05) is 29.8 Å². The molecule has 1 unspecified atom stereocenters. The summed E-state index contributed by atoms with van der Waals surface area (Å²) in [4.78, 5) is 0. The van der Waals surface area contributed by atoms with E-state index in [0.29, 0.717) is 12.3 Å². The summed E-state index contributed by atoms with van der Waals surface area (Å²) in [7, 11) is 0. The van der Waals surface area contributed by atoms with Crippen molar-refractivity contribution in [2.24, 2.45) is 5.73 Å². The van der Waals surface area contributed by atoms with E-state index in [1.807, 2.05) is 0 Å². The lowest BCUT2D eigenvalue weighted by molar-refractivity contribution is 0.208. The van der Waals surface area contributed by atoms with E-state index in [9.17, 15) is 5.11 Å². The van der Waals surface area contributed by atoms with Crippen molar-refractivity contribution in [3.05, 3.63) is 35.4 Å². The predicted molar refractivity (Wildman–Crippen MR) is 62.4 cm³/mol. The van der Waals surface area contributed by atoms with Gasteiger partial charge >= 0.3 is 0 Å². The van der Waals surface area contributed by atoms with Crippen molar-refractivity contribution in [1.29, 1.82) is 0 Å². The molecule has 0 heterocycles. The van der Waals surface area contributed by atoms with Crippen molar-refractivity contribution in [2.45, 2.75) is 18.8 Å². The molecule has 1 aromatic rings. The molecule has 0 radical (unpaired) electrons. The zero-order valence-electron chi connectivity index (χ0n) is 8.44. The number of rotatable bonds is 5. The highest BCUT2D eigenvalue weighted by Crippen LogP contribution is 2.14. The minimum Gasteiger partial charge on any atom is -0.391 e. The van der Waals surface area contributed by atoms with Crippen molar-refractivity contribution in [1.82, 2.24) is 0 Å². The monoisotopic (exact) mass is 211 g/mol. The fourth-order valence-electron chi connectivity index (χ4n) is 1.18. The number of hydrogen-bond acceptors (Lipinski definition) is 3. The Balaban J connectivity index is 2.31. The summed E-state index contributed by atoms with van der Waals surface area (Å²) >= 11 is 1.72. The van der Waals surface area contributed by atoms with Gasteiger partial charge < -0.3 is 10.8 Å². The Morgan fingerprint density at radius 1 is 1.50 bits per heavy atom. The molecule has 0 aromatic heterocycles. The molecule has 1 rings (SSSR count). The summed E-state index contributed by atoms with van der Waals surface area (Å²) in [5, 5.41) is 9.24. The first kappa shape index (κ1) is 11.6. The SMILES string of the molecule is Cc1cccc(CSCC(O)CN)c1. The van der Waals surface area contributed by atoms with Crippen molar-refractivity contribution < 1.29 is 5.11 Å². The summed E-state index contributed by atoms with van der Waals surface area (Å²) in [5.41, 5.74) is 7.90. The summed E-state index contributed by atoms with van der Waals surface area (Å²) in [6.45, 7) is 2.43. The van der Waals surface area contributed by atoms with Crippen LogP contribution in [0.3, 0.4) is 0 Å². The van der Waals surface area contributed by atoms with Gasteiger partial charge in [0.15, 0.2) is 0 Å². The van der Waals surface area contributed by atoms with Crippen LogP contribution in [0.4, 0.5) is 0 Å². The van der Waals surface area contributed by atoms with Crippen LogP contribution in [0, 0.1) is 6.92 Å². The molecule has 3 N–H and O–H groups in total. The molecule has 0 fully saturated rings. The van der Waals surface area contributed by atoms with Gasteiger partial charge in [0.2, 0.25) is 0 Å². The first-order chi connectivity index (χ1) is 6.72. The molecule has 0 spiro atoms. The van der Waals surface area contributed by atoms with Crippen molar-refractivity contribution >= 4 is 11.8 Å². The van der Waals surface area contributed by atoms with Crippen molar-refractivity contribution in [2.75, 3.05) is 12.3 Å². The van der Waals surface area contributed by atoms with E-state index >= 15 is 0 Å². The summed E-state index contributed by atoms with van der Waals surface area (Å²) in [5.74, 6) is 1.66. The first-order valence-electron chi connectivity index (χ1n) is 4.74. The second-order valence-corrected chi connectivity index (χ2v) is 4.42. The summed E-state index contributed by atoms with van der Waals surface area (Å²) in [6, 6.07) is 8.42. The molecule has 78 valence electrons. The Morgan fingerprint density at radius 3 is 2.93 bits per heavy atom. The van der Waals surface area contributed by atoms with Crippen LogP contribution in [0.15, 0.2) is 24.3 Å². The van der Waals surface area contributed by atoms with Crippen molar-refractivity contribution in [3.63, 3.8) is 0 Å². The fourth-order valence-corrected chi connectivity index (χ4v) is 2.12. The van der Waals surface area contributed by atoms with Gasteiger partial charge in [0, 0.05) is 18.1 Å². The maximum atomic E-state index is 9.24. The number of aliphatic hydroxyl groups excluding tert-OH is 1. The second-order valence-electron chi connectivity index (χ2n) is 3.39. The Labute approximate surface area is 89.5 Å². The molecule has 14 heavy (non-hydrogen) atoms. The minimum absolute atomic E-state index is 0.348. The quantitative estimate of drug-likeness (QED) is 0.776. The highest BCUT2D eigenvalue weighted by Gasteiger charge is 2.01. The third-order valence-electron chi connectivity index (χ3n) is 1.93. The Kier molecular flexibility index (Phi) is 5.01. The topological polar surface area (TPSA) is 46.2 Å². The molecule has 0 aliphatic heterocycles. The molecule has 2 nitrogen and oxygen atoms in total. The smallest absolute Gasteiger partial charge is 0.0752 e. The highest BCUT2D eigenvalue weighted by atomic mass is 32.2. The van der Waals surface area contributed by atoms with Gasteiger partial charge in [0.25, 0.3) is 0 Å². The van der Waals surface area contributed by atoms with Crippen LogP contribution in [-0.2, 0) is 5.75 Å².